The summed E-state index contributed by atoms with van der Waals surface area (Å²) >= 11 is 0. The van der Waals surface area contributed by atoms with Gasteiger partial charge in [-0.3, -0.25) is 5.10 Å². The number of H-pyrrole nitrogens is 1. The van der Waals surface area contributed by atoms with Crippen LogP contribution in [0.3, 0.4) is 0 Å². The number of allylic oxidation sites excluding steroid dienone is 1. The number of benzene rings is 3. The molecule has 2 heterocycles. The Kier molecular flexibility index (Phi) is 5.40. The molecule has 0 atom stereocenters. The molecule has 1 aromatic heterocycles. The largest absolute Gasteiger partial charge is 0.478 e. The number of nitrogens with zero attached hydrogens (tertiary/aromatic N) is 1. The number of aromatic nitrogens is 2. The number of hydrogen-bond donors (Lipinski definition) is 2. The molecule has 5 rings (SSSR count). The Morgan fingerprint density at radius 1 is 1.00 bits per heavy atom. The van der Waals surface area contributed by atoms with Crippen LogP contribution in [0.4, 0.5) is 0 Å². The molecule has 164 valence electrons. The first-order valence-electron chi connectivity index (χ1n) is 10.7. The van der Waals surface area contributed by atoms with Crippen molar-refractivity contribution in [3.05, 3.63) is 95.2 Å². The van der Waals surface area contributed by atoms with Gasteiger partial charge >= 0.3 is 5.97 Å². The van der Waals surface area contributed by atoms with Crippen molar-refractivity contribution in [3.63, 3.8) is 0 Å². The van der Waals surface area contributed by atoms with Crippen LogP contribution in [0.1, 0.15) is 35.6 Å². The van der Waals surface area contributed by atoms with Gasteiger partial charge in [-0.1, -0.05) is 43.3 Å². The standard InChI is InChI=1S/C27H22N2O4/c1-2-22(19-9-11-24-25(14-19)33-16-32-24)27(20-8-10-23-21(13-20)15-28-29-23)18-6-3-17(4-7-18)5-12-26(30)31/h3-15H,2,16H2,1H3,(H,28,29)(H,30,31)/b12-5+,27-22+. The third kappa shape index (κ3) is 4.11. The molecule has 6 heteroatoms. The Hall–Kier alpha value is -4.32. The summed E-state index contributed by atoms with van der Waals surface area (Å²) in [5.74, 6) is 0.534. The minimum Gasteiger partial charge on any atom is -0.478 e. The van der Waals surface area contributed by atoms with Crippen molar-refractivity contribution in [2.45, 2.75) is 13.3 Å². The number of aliphatic carboxylic acids is 1. The van der Waals surface area contributed by atoms with E-state index >= 15 is 0 Å². The van der Waals surface area contributed by atoms with E-state index in [4.69, 9.17) is 14.6 Å². The van der Waals surface area contributed by atoms with Crippen molar-refractivity contribution in [1.29, 1.82) is 0 Å². The maximum absolute atomic E-state index is 10.9. The smallest absolute Gasteiger partial charge is 0.328 e. The van der Waals surface area contributed by atoms with Gasteiger partial charge in [0.15, 0.2) is 11.5 Å². The van der Waals surface area contributed by atoms with Crippen molar-refractivity contribution in [1.82, 2.24) is 10.2 Å². The van der Waals surface area contributed by atoms with Crippen molar-refractivity contribution in [2.75, 3.05) is 6.79 Å². The fourth-order valence-electron chi connectivity index (χ4n) is 4.15. The quantitative estimate of drug-likeness (QED) is 0.295. The lowest BCUT2D eigenvalue weighted by Crippen LogP contribution is -1.96. The lowest BCUT2D eigenvalue weighted by Gasteiger charge is -2.17. The third-order valence-corrected chi connectivity index (χ3v) is 5.72. The van der Waals surface area contributed by atoms with E-state index in [1.807, 2.05) is 48.7 Å². The number of carboxylic acid groups (broad SMARTS) is 1. The van der Waals surface area contributed by atoms with Crippen LogP contribution in [0.25, 0.3) is 28.1 Å². The summed E-state index contributed by atoms with van der Waals surface area (Å²) in [7, 11) is 0. The Morgan fingerprint density at radius 3 is 2.55 bits per heavy atom. The number of rotatable bonds is 6. The predicted molar refractivity (Wildman–Crippen MR) is 128 cm³/mol. The molecule has 0 saturated carbocycles. The van der Waals surface area contributed by atoms with E-state index in [2.05, 4.69) is 35.3 Å². The Bertz CT molecular complexity index is 1400. The van der Waals surface area contributed by atoms with Crippen LogP contribution in [-0.4, -0.2) is 28.1 Å². The highest BCUT2D eigenvalue weighted by Crippen LogP contribution is 2.40. The molecule has 6 nitrogen and oxygen atoms in total. The van der Waals surface area contributed by atoms with E-state index in [9.17, 15) is 4.79 Å². The fourth-order valence-corrected chi connectivity index (χ4v) is 4.15. The van der Waals surface area contributed by atoms with Crippen LogP contribution in [0.5, 0.6) is 11.5 Å². The lowest BCUT2D eigenvalue weighted by molar-refractivity contribution is -0.131. The number of carbonyl (C=O) groups is 1. The molecular formula is C27H22N2O4. The molecule has 0 radical (unpaired) electrons. The second-order valence-corrected chi connectivity index (χ2v) is 7.74. The molecule has 0 unspecified atom stereocenters. The van der Waals surface area contributed by atoms with Gasteiger partial charge in [0.2, 0.25) is 6.79 Å². The molecule has 0 bridgehead atoms. The van der Waals surface area contributed by atoms with Crippen LogP contribution in [0.15, 0.2) is 72.9 Å². The number of fused-ring (bicyclic) bond motifs is 2. The molecule has 1 aliphatic rings. The third-order valence-electron chi connectivity index (χ3n) is 5.72. The van der Waals surface area contributed by atoms with E-state index < -0.39 is 5.97 Å². The van der Waals surface area contributed by atoms with E-state index in [-0.39, 0.29) is 6.79 Å². The van der Waals surface area contributed by atoms with E-state index in [1.54, 1.807) is 6.08 Å². The summed E-state index contributed by atoms with van der Waals surface area (Å²) in [4.78, 5) is 10.9. The van der Waals surface area contributed by atoms with Gasteiger partial charge in [0, 0.05) is 11.5 Å². The van der Waals surface area contributed by atoms with Crippen molar-refractivity contribution in [2.24, 2.45) is 0 Å². The molecular weight excluding hydrogens is 416 g/mol. The summed E-state index contributed by atoms with van der Waals surface area (Å²) in [6.07, 6.45) is 5.36. The minimum atomic E-state index is -0.968. The molecule has 33 heavy (non-hydrogen) atoms. The average molecular weight is 438 g/mol. The number of carboxylic acids is 1. The average Bonchev–Trinajstić information content (AvgIpc) is 3.50. The van der Waals surface area contributed by atoms with Gasteiger partial charge in [-0.25, -0.2) is 4.79 Å². The second kappa shape index (κ2) is 8.67. The maximum atomic E-state index is 10.9. The molecule has 3 aromatic carbocycles. The normalized spacial score (nSPS) is 13.5. The van der Waals surface area contributed by atoms with Crippen LogP contribution in [0.2, 0.25) is 0 Å². The van der Waals surface area contributed by atoms with Gasteiger partial charge in [0.1, 0.15) is 0 Å². The molecule has 0 saturated heterocycles. The van der Waals surface area contributed by atoms with Gasteiger partial charge in [-0.05, 0) is 70.2 Å². The van der Waals surface area contributed by atoms with Crippen molar-refractivity contribution < 1.29 is 19.4 Å². The van der Waals surface area contributed by atoms with Crippen LogP contribution in [0, 0.1) is 0 Å². The summed E-state index contributed by atoms with van der Waals surface area (Å²) in [5, 5.41) is 17.1. The highest BCUT2D eigenvalue weighted by atomic mass is 16.7. The van der Waals surface area contributed by atoms with Crippen molar-refractivity contribution >= 4 is 34.1 Å². The number of hydrogen-bond acceptors (Lipinski definition) is 4. The van der Waals surface area contributed by atoms with E-state index in [1.165, 1.54) is 5.57 Å². The summed E-state index contributed by atoms with van der Waals surface area (Å²) in [6.45, 7) is 2.37. The van der Waals surface area contributed by atoms with Gasteiger partial charge in [0.05, 0.1) is 11.7 Å². The molecule has 2 N–H and O–H groups in total. The minimum absolute atomic E-state index is 0.235. The number of nitrogens with one attached hydrogen (secondary N) is 1. The molecule has 0 aliphatic carbocycles. The Labute approximate surface area is 190 Å². The summed E-state index contributed by atoms with van der Waals surface area (Å²) in [5.41, 5.74) is 7.27. The van der Waals surface area contributed by atoms with Crippen LogP contribution >= 0.6 is 0 Å². The van der Waals surface area contributed by atoms with Gasteiger partial charge in [0.25, 0.3) is 0 Å². The molecule has 1 aliphatic heterocycles. The van der Waals surface area contributed by atoms with E-state index in [0.717, 1.165) is 62.7 Å². The van der Waals surface area contributed by atoms with E-state index in [0.29, 0.717) is 0 Å². The molecule has 0 spiro atoms. The highest BCUT2D eigenvalue weighted by Gasteiger charge is 2.18. The highest BCUT2D eigenvalue weighted by molar-refractivity contribution is 6.00. The number of aromatic amines is 1. The molecule has 0 amide bonds. The van der Waals surface area contributed by atoms with Gasteiger partial charge in [-0.2, -0.15) is 5.10 Å². The van der Waals surface area contributed by atoms with Crippen LogP contribution < -0.4 is 9.47 Å². The SMILES string of the molecule is CC/C(=C(/c1ccc(/C=C/C(=O)O)cc1)c1ccc2[nH]ncc2c1)c1ccc2c(c1)OCO2. The maximum Gasteiger partial charge on any atom is 0.328 e. The zero-order valence-corrected chi connectivity index (χ0v) is 18.0. The van der Waals surface area contributed by atoms with Crippen molar-refractivity contribution in [3.8, 4) is 11.5 Å². The zero-order chi connectivity index (χ0) is 22.8. The second-order valence-electron chi connectivity index (χ2n) is 7.74. The van der Waals surface area contributed by atoms with Gasteiger partial charge < -0.3 is 14.6 Å². The summed E-state index contributed by atoms with van der Waals surface area (Å²) < 4.78 is 11.1. The Morgan fingerprint density at radius 2 is 1.76 bits per heavy atom. The Balaban J connectivity index is 1.68. The predicted octanol–water partition coefficient (Wildman–Crippen LogP) is 5.76. The fraction of sp³-hybridized carbons (Fsp3) is 0.111. The van der Waals surface area contributed by atoms with Gasteiger partial charge in [-0.15, -0.1) is 0 Å². The topological polar surface area (TPSA) is 84.4 Å². The van der Waals surface area contributed by atoms with Crippen LogP contribution in [-0.2, 0) is 4.79 Å². The lowest BCUT2D eigenvalue weighted by atomic mass is 9.87. The molecule has 4 aromatic rings. The first kappa shape index (κ1) is 20.6. The first-order chi connectivity index (χ1) is 16.1. The number of ether oxygens (including phenoxy) is 2. The molecule has 0 fully saturated rings. The first-order valence-corrected chi connectivity index (χ1v) is 10.7. The summed E-state index contributed by atoms with van der Waals surface area (Å²) in [6, 6.07) is 20.2. The zero-order valence-electron chi connectivity index (χ0n) is 18.0. The monoisotopic (exact) mass is 438 g/mol.